The molecule has 2 unspecified atom stereocenters. The number of carboxylic acid groups (broad SMARTS) is 1. The summed E-state index contributed by atoms with van der Waals surface area (Å²) < 4.78 is 0. The Labute approximate surface area is 114 Å². The largest absolute Gasteiger partial charge is 0.481 e. The van der Waals surface area contributed by atoms with Gasteiger partial charge in [-0.15, -0.1) is 0 Å². The third-order valence-corrected chi connectivity index (χ3v) is 4.11. The molecule has 1 aliphatic rings. The molecule has 5 nitrogen and oxygen atoms in total. The van der Waals surface area contributed by atoms with E-state index in [2.05, 4.69) is 5.32 Å². The van der Waals surface area contributed by atoms with E-state index in [1.807, 2.05) is 13.8 Å². The lowest BCUT2D eigenvalue weighted by atomic mass is 9.68. The smallest absolute Gasteiger partial charge is 0.311 e. The zero-order chi connectivity index (χ0) is 14.5. The van der Waals surface area contributed by atoms with E-state index in [-0.39, 0.29) is 24.4 Å². The Morgan fingerprint density at radius 2 is 1.95 bits per heavy atom. The van der Waals surface area contributed by atoms with Crippen LogP contribution in [0.1, 0.15) is 52.4 Å². The molecule has 0 aromatic carbocycles. The molecular weight excluding hydrogens is 244 g/mol. The van der Waals surface area contributed by atoms with E-state index in [1.165, 1.54) is 0 Å². The molecule has 0 aromatic rings. The highest BCUT2D eigenvalue weighted by molar-refractivity contribution is 5.80. The molecule has 0 aliphatic heterocycles. The first-order chi connectivity index (χ1) is 8.87. The molecule has 0 radical (unpaired) electrons. The van der Waals surface area contributed by atoms with Crippen molar-refractivity contribution in [1.29, 1.82) is 0 Å². The summed E-state index contributed by atoms with van der Waals surface area (Å²) >= 11 is 0. The van der Waals surface area contributed by atoms with Gasteiger partial charge in [0.2, 0.25) is 5.91 Å². The second-order valence-corrected chi connectivity index (χ2v) is 5.97. The zero-order valence-electron chi connectivity index (χ0n) is 11.9. The minimum absolute atomic E-state index is 0.0443. The number of amides is 1. The maximum Gasteiger partial charge on any atom is 0.311 e. The van der Waals surface area contributed by atoms with Crippen LogP contribution in [-0.4, -0.2) is 29.6 Å². The van der Waals surface area contributed by atoms with Crippen LogP contribution in [0.15, 0.2) is 0 Å². The summed E-state index contributed by atoms with van der Waals surface area (Å²) in [7, 11) is 0. The molecule has 1 amide bonds. The van der Waals surface area contributed by atoms with Gasteiger partial charge in [0.05, 0.1) is 5.41 Å². The summed E-state index contributed by atoms with van der Waals surface area (Å²) in [5, 5.41) is 12.0. The average molecular weight is 270 g/mol. The summed E-state index contributed by atoms with van der Waals surface area (Å²) in [4.78, 5) is 23.1. The molecule has 5 heteroatoms. The van der Waals surface area contributed by atoms with Gasteiger partial charge < -0.3 is 16.2 Å². The minimum Gasteiger partial charge on any atom is -0.481 e. The van der Waals surface area contributed by atoms with Crippen molar-refractivity contribution in [3.8, 4) is 0 Å². The quantitative estimate of drug-likeness (QED) is 0.623. The molecule has 0 saturated heterocycles. The van der Waals surface area contributed by atoms with E-state index in [9.17, 15) is 14.7 Å². The van der Waals surface area contributed by atoms with Crippen molar-refractivity contribution >= 4 is 11.9 Å². The molecule has 0 heterocycles. The first-order valence-electron chi connectivity index (χ1n) is 7.14. The SMILES string of the molecule is CC(N)CCCC(C)C(=O)NCC1(C(=O)O)CCC1. The Morgan fingerprint density at radius 3 is 2.37 bits per heavy atom. The molecule has 0 aromatic heterocycles. The van der Waals surface area contributed by atoms with Gasteiger partial charge >= 0.3 is 5.97 Å². The van der Waals surface area contributed by atoms with E-state index in [0.29, 0.717) is 12.8 Å². The molecule has 1 saturated carbocycles. The van der Waals surface area contributed by atoms with Crippen LogP contribution < -0.4 is 11.1 Å². The molecule has 110 valence electrons. The van der Waals surface area contributed by atoms with Crippen LogP contribution in [0.25, 0.3) is 0 Å². The summed E-state index contributed by atoms with van der Waals surface area (Å²) in [5.74, 6) is -0.912. The number of aliphatic carboxylic acids is 1. The van der Waals surface area contributed by atoms with Crippen molar-refractivity contribution in [2.75, 3.05) is 6.54 Å². The molecule has 1 rings (SSSR count). The molecule has 4 N–H and O–H groups in total. The predicted molar refractivity (Wildman–Crippen MR) is 73.6 cm³/mol. The summed E-state index contributed by atoms with van der Waals surface area (Å²) in [5.41, 5.74) is 4.96. The van der Waals surface area contributed by atoms with Crippen molar-refractivity contribution in [1.82, 2.24) is 5.32 Å². The average Bonchev–Trinajstić information content (AvgIpc) is 2.25. The van der Waals surface area contributed by atoms with E-state index in [1.54, 1.807) is 0 Å². The van der Waals surface area contributed by atoms with Crippen molar-refractivity contribution in [2.24, 2.45) is 17.1 Å². The molecule has 0 bridgehead atoms. The van der Waals surface area contributed by atoms with Crippen molar-refractivity contribution in [3.05, 3.63) is 0 Å². The second-order valence-electron chi connectivity index (χ2n) is 5.97. The number of carbonyl (C=O) groups excluding carboxylic acids is 1. The number of rotatable bonds is 8. The molecule has 0 spiro atoms. The van der Waals surface area contributed by atoms with Gasteiger partial charge in [-0.1, -0.05) is 19.8 Å². The Bertz CT molecular complexity index is 325. The zero-order valence-corrected chi connectivity index (χ0v) is 11.9. The van der Waals surface area contributed by atoms with Crippen LogP contribution in [0, 0.1) is 11.3 Å². The summed E-state index contributed by atoms with van der Waals surface area (Å²) in [6.07, 6.45) is 4.91. The van der Waals surface area contributed by atoms with E-state index in [0.717, 1.165) is 25.7 Å². The molecule has 1 aliphatic carbocycles. The number of carbonyl (C=O) groups is 2. The first-order valence-corrected chi connectivity index (χ1v) is 7.14. The monoisotopic (exact) mass is 270 g/mol. The Morgan fingerprint density at radius 1 is 1.32 bits per heavy atom. The van der Waals surface area contributed by atoms with Crippen LogP contribution in [0.4, 0.5) is 0 Å². The normalized spacial score (nSPS) is 20.2. The fourth-order valence-electron chi connectivity index (χ4n) is 2.38. The lowest BCUT2D eigenvalue weighted by Crippen LogP contribution is -2.48. The number of nitrogens with two attached hydrogens (primary N) is 1. The van der Waals surface area contributed by atoms with Crippen molar-refractivity contribution in [3.63, 3.8) is 0 Å². The number of nitrogens with one attached hydrogen (secondary N) is 1. The van der Waals surface area contributed by atoms with Gasteiger partial charge in [-0.2, -0.15) is 0 Å². The van der Waals surface area contributed by atoms with Gasteiger partial charge in [0, 0.05) is 18.5 Å². The van der Waals surface area contributed by atoms with Crippen LogP contribution in [-0.2, 0) is 9.59 Å². The summed E-state index contributed by atoms with van der Waals surface area (Å²) in [6, 6.07) is 0.167. The fourth-order valence-corrected chi connectivity index (χ4v) is 2.38. The number of hydrogen-bond donors (Lipinski definition) is 3. The number of carboxylic acids is 1. The Hall–Kier alpha value is -1.10. The van der Waals surface area contributed by atoms with E-state index < -0.39 is 11.4 Å². The maximum absolute atomic E-state index is 11.9. The molecule has 2 atom stereocenters. The van der Waals surface area contributed by atoms with Crippen molar-refractivity contribution in [2.45, 2.75) is 58.4 Å². The van der Waals surface area contributed by atoms with Gasteiger partial charge in [0.25, 0.3) is 0 Å². The van der Waals surface area contributed by atoms with E-state index in [4.69, 9.17) is 5.73 Å². The van der Waals surface area contributed by atoms with Crippen molar-refractivity contribution < 1.29 is 14.7 Å². The van der Waals surface area contributed by atoms with Crippen LogP contribution >= 0.6 is 0 Å². The second kappa shape index (κ2) is 6.89. The van der Waals surface area contributed by atoms with Gasteiger partial charge in [-0.05, 0) is 32.6 Å². The van der Waals surface area contributed by atoms with Gasteiger partial charge in [-0.25, -0.2) is 0 Å². The first kappa shape index (κ1) is 16.0. The maximum atomic E-state index is 11.9. The third kappa shape index (κ3) is 4.49. The standard InChI is InChI=1S/C14H26N2O3/c1-10(5-3-6-11(2)15)12(17)16-9-14(13(18)19)7-4-8-14/h10-11H,3-9,15H2,1-2H3,(H,16,17)(H,18,19). The van der Waals surface area contributed by atoms with Crippen LogP contribution in [0.2, 0.25) is 0 Å². The highest BCUT2D eigenvalue weighted by Gasteiger charge is 2.44. The highest BCUT2D eigenvalue weighted by atomic mass is 16.4. The lowest BCUT2D eigenvalue weighted by Gasteiger charge is -2.37. The molecule has 19 heavy (non-hydrogen) atoms. The van der Waals surface area contributed by atoms with Crippen LogP contribution in [0.3, 0.4) is 0 Å². The summed E-state index contributed by atoms with van der Waals surface area (Å²) in [6.45, 7) is 4.10. The third-order valence-electron chi connectivity index (χ3n) is 4.11. The topological polar surface area (TPSA) is 92.4 Å². The Kier molecular flexibility index (Phi) is 5.79. The molecular formula is C14H26N2O3. The van der Waals surface area contributed by atoms with Gasteiger partial charge in [-0.3, -0.25) is 9.59 Å². The predicted octanol–water partition coefficient (Wildman–Crippen LogP) is 1.51. The lowest BCUT2D eigenvalue weighted by molar-refractivity contribution is -0.154. The molecule has 1 fully saturated rings. The van der Waals surface area contributed by atoms with Crippen LogP contribution in [0.5, 0.6) is 0 Å². The van der Waals surface area contributed by atoms with Gasteiger partial charge in [0.1, 0.15) is 0 Å². The number of hydrogen-bond acceptors (Lipinski definition) is 3. The minimum atomic E-state index is -0.788. The Balaban J connectivity index is 2.28. The fraction of sp³-hybridized carbons (Fsp3) is 0.857. The van der Waals surface area contributed by atoms with Gasteiger partial charge in [0.15, 0.2) is 0 Å². The highest BCUT2D eigenvalue weighted by Crippen LogP contribution is 2.40. The van der Waals surface area contributed by atoms with E-state index >= 15 is 0 Å².